The molecular formula is C34H31ClF3N3O4S. The molecule has 0 atom stereocenters. The molecule has 5 rings (SSSR count). The maximum atomic E-state index is 14.4. The van der Waals surface area contributed by atoms with Crippen molar-refractivity contribution in [3.8, 4) is 5.75 Å². The minimum atomic E-state index is -4.51. The quantitative estimate of drug-likeness (QED) is 0.177. The standard InChI is InChI=1S/C34H31ClF3N3O4S/c1-21-16-26(17-22(2)32(21)35)45-15-5-8-29-28-7-4-3-6-24(28)18-30(29)33(42)41(31-14-13-27(19-40-31)46(39,43)44)20-23-9-11-25(12-10-23)34(36,37)38/h3-4,6-7,9-14,16-17,19H,5,8,15,18,20H2,1-2H3,(H2,39,43,44). The first-order valence-corrected chi connectivity index (χ1v) is 16.3. The van der Waals surface area contributed by atoms with Crippen molar-refractivity contribution >= 4 is 38.9 Å². The van der Waals surface area contributed by atoms with Gasteiger partial charge in [-0.1, -0.05) is 48.0 Å². The van der Waals surface area contributed by atoms with E-state index in [2.05, 4.69) is 4.98 Å². The van der Waals surface area contributed by atoms with E-state index in [1.54, 1.807) is 0 Å². The van der Waals surface area contributed by atoms with E-state index in [0.29, 0.717) is 47.8 Å². The molecule has 46 heavy (non-hydrogen) atoms. The van der Waals surface area contributed by atoms with E-state index < -0.39 is 27.7 Å². The van der Waals surface area contributed by atoms with E-state index in [1.807, 2.05) is 50.2 Å². The van der Waals surface area contributed by atoms with Crippen LogP contribution in [0.1, 0.15) is 46.2 Å². The molecule has 0 aliphatic heterocycles. The van der Waals surface area contributed by atoms with Gasteiger partial charge in [0.2, 0.25) is 10.0 Å². The van der Waals surface area contributed by atoms with Gasteiger partial charge in [-0.15, -0.1) is 0 Å². The van der Waals surface area contributed by atoms with Crippen molar-refractivity contribution in [2.24, 2.45) is 5.14 Å². The smallest absolute Gasteiger partial charge is 0.416 e. The summed E-state index contributed by atoms with van der Waals surface area (Å²) in [5, 5.41) is 5.93. The number of benzene rings is 3. The van der Waals surface area contributed by atoms with Crippen LogP contribution in [-0.4, -0.2) is 25.9 Å². The summed E-state index contributed by atoms with van der Waals surface area (Å²) in [7, 11) is -4.04. The van der Waals surface area contributed by atoms with Crippen LogP contribution in [0.3, 0.4) is 0 Å². The summed E-state index contributed by atoms with van der Waals surface area (Å²) in [5.41, 5.74) is 4.71. The fourth-order valence-corrected chi connectivity index (χ4v) is 6.02. The molecule has 1 amide bonds. The van der Waals surface area contributed by atoms with Gasteiger partial charge in [-0.05, 0) is 96.5 Å². The lowest BCUT2D eigenvalue weighted by atomic mass is 10.00. The van der Waals surface area contributed by atoms with E-state index >= 15 is 0 Å². The van der Waals surface area contributed by atoms with E-state index in [0.717, 1.165) is 46.2 Å². The third-order valence-corrected chi connectivity index (χ3v) is 9.27. The number of rotatable bonds is 10. The van der Waals surface area contributed by atoms with Crippen molar-refractivity contribution < 1.29 is 31.1 Å². The number of pyridine rings is 1. The Morgan fingerprint density at radius 1 is 1.02 bits per heavy atom. The predicted octanol–water partition coefficient (Wildman–Crippen LogP) is 7.42. The number of hydrogen-bond acceptors (Lipinski definition) is 5. The Bertz CT molecular complexity index is 1890. The number of sulfonamides is 1. The molecule has 0 saturated carbocycles. The Hall–Kier alpha value is -4.19. The number of ether oxygens (including phenoxy) is 1. The van der Waals surface area contributed by atoms with Gasteiger partial charge in [0.15, 0.2) is 0 Å². The third-order valence-electron chi connectivity index (χ3n) is 7.77. The second kappa shape index (κ2) is 13.3. The first-order valence-electron chi connectivity index (χ1n) is 14.4. The molecule has 1 aliphatic rings. The molecular weight excluding hydrogens is 639 g/mol. The summed E-state index contributed by atoms with van der Waals surface area (Å²) in [6.07, 6.45) is -1.99. The maximum Gasteiger partial charge on any atom is 0.416 e. The number of anilines is 1. The number of hydrogen-bond donors (Lipinski definition) is 1. The van der Waals surface area contributed by atoms with E-state index in [1.165, 1.54) is 29.2 Å². The molecule has 0 bridgehead atoms. The number of amides is 1. The molecule has 2 N–H and O–H groups in total. The Kier molecular flexibility index (Phi) is 9.57. The molecule has 1 heterocycles. The Labute approximate surface area is 270 Å². The van der Waals surface area contributed by atoms with Crippen molar-refractivity contribution in [3.63, 3.8) is 0 Å². The Balaban J connectivity index is 1.45. The van der Waals surface area contributed by atoms with Crippen LogP contribution < -0.4 is 14.8 Å². The number of fused-ring (bicyclic) bond motifs is 1. The molecule has 0 saturated heterocycles. The van der Waals surface area contributed by atoms with Crippen molar-refractivity contribution in [1.82, 2.24) is 4.98 Å². The molecule has 1 aliphatic carbocycles. The van der Waals surface area contributed by atoms with Crippen molar-refractivity contribution in [3.05, 3.63) is 123 Å². The summed E-state index contributed by atoms with van der Waals surface area (Å²) in [6.45, 7) is 4.10. The number of allylic oxidation sites excluding steroid dienone is 1. The molecule has 240 valence electrons. The molecule has 4 aromatic rings. The van der Waals surface area contributed by atoms with Crippen LogP contribution in [-0.2, 0) is 34.0 Å². The van der Waals surface area contributed by atoms with Gasteiger partial charge in [-0.25, -0.2) is 18.5 Å². The average Bonchev–Trinajstić information content (AvgIpc) is 3.38. The number of halogens is 4. The van der Waals surface area contributed by atoms with Gasteiger partial charge in [-0.2, -0.15) is 13.2 Å². The van der Waals surface area contributed by atoms with Crippen LogP contribution in [0.4, 0.5) is 19.0 Å². The van der Waals surface area contributed by atoms with Gasteiger partial charge in [0.1, 0.15) is 16.5 Å². The number of nitrogens with two attached hydrogens (primary N) is 1. The number of carbonyl (C=O) groups is 1. The largest absolute Gasteiger partial charge is 0.494 e. The molecule has 0 radical (unpaired) electrons. The van der Waals surface area contributed by atoms with Crippen molar-refractivity contribution in [1.29, 1.82) is 0 Å². The molecule has 12 heteroatoms. The Morgan fingerprint density at radius 2 is 1.70 bits per heavy atom. The van der Waals surface area contributed by atoms with Gasteiger partial charge < -0.3 is 4.74 Å². The first kappa shape index (κ1) is 33.2. The second-order valence-electron chi connectivity index (χ2n) is 11.1. The van der Waals surface area contributed by atoms with E-state index in [-0.39, 0.29) is 17.3 Å². The third kappa shape index (κ3) is 7.43. The van der Waals surface area contributed by atoms with Crippen LogP contribution in [0.2, 0.25) is 5.02 Å². The lowest BCUT2D eigenvalue weighted by Gasteiger charge is -2.24. The SMILES string of the molecule is Cc1cc(OCCCC2=C(C(=O)N(Cc3ccc(C(F)(F)F)cc3)c3ccc(S(N)(=O)=O)cn3)Cc3ccccc32)cc(C)c1Cl. The minimum absolute atomic E-state index is 0.107. The lowest BCUT2D eigenvalue weighted by Crippen LogP contribution is -2.33. The lowest BCUT2D eigenvalue weighted by molar-refractivity contribution is -0.137. The van der Waals surface area contributed by atoms with Crippen LogP contribution in [0.25, 0.3) is 5.57 Å². The maximum absolute atomic E-state index is 14.4. The highest BCUT2D eigenvalue weighted by Gasteiger charge is 2.32. The Morgan fingerprint density at radius 3 is 2.30 bits per heavy atom. The molecule has 7 nitrogen and oxygen atoms in total. The summed E-state index contributed by atoms with van der Waals surface area (Å²) in [5.74, 6) is 0.428. The molecule has 0 spiro atoms. The van der Waals surface area contributed by atoms with E-state index in [9.17, 15) is 26.4 Å². The number of nitrogens with zero attached hydrogens (tertiary/aromatic N) is 2. The van der Waals surface area contributed by atoms with Crippen LogP contribution in [0.15, 0.2) is 89.5 Å². The zero-order chi connectivity index (χ0) is 33.2. The van der Waals surface area contributed by atoms with Gasteiger partial charge >= 0.3 is 6.18 Å². The fraction of sp³-hybridized carbons (Fsp3) is 0.235. The number of alkyl halides is 3. The minimum Gasteiger partial charge on any atom is -0.494 e. The number of aromatic nitrogens is 1. The number of carbonyl (C=O) groups excluding carboxylic acids is 1. The van der Waals surface area contributed by atoms with Crippen molar-refractivity contribution in [2.75, 3.05) is 11.5 Å². The monoisotopic (exact) mass is 669 g/mol. The highest BCUT2D eigenvalue weighted by atomic mass is 35.5. The highest BCUT2D eigenvalue weighted by Crippen LogP contribution is 2.38. The zero-order valence-electron chi connectivity index (χ0n) is 25.1. The average molecular weight is 670 g/mol. The van der Waals surface area contributed by atoms with Crippen LogP contribution in [0.5, 0.6) is 5.75 Å². The predicted molar refractivity (Wildman–Crippen MR) is 171 cm³/mol. The van der Waals surface area contributed by atoms with Crippen molar-refractivity contribution in [2.45, 2.75) is 50.7 Å². The topological polar surface area (TPSA) is 103 Å². The first-order chi connectivity index (χ1) is 21.7. The summed E-state index contributed by atoms with van der Waals surface area (Å²) in [4.78, 5) is 19.7. The second-order valence-corrected chi connectivity index (χ2v) is 13.0. The summed E-state index contributed by atoms with van der Waals surface area (Å²) >= 11 is 6.28. The van der Waals surface area contributed by atoms with Gasteiger partial charge in [0, 0.05) is 23.2 Å². The van der Waals surface area contributed by atoms with Gasteiger partial charge in [-0.3, -0.25) is 9.69 Å². The molecule has 0 fully saturated rings. The summed E-state index contributed by atoms with van der Waals surface area (Å²) < 4.78 is 69.3. The zero-order valence-corrected chi connectivity index (χ0v) is 26.6. The normalized spacial score (nSPS) is 13.1. The van der Waals surface area contributed by atoms with Gasteiger partial charge in [0.25, 0.3) is 5.91 Å². The number of primary sulfonamides is 1. The molecule has 3 aromatic carbocycles. The summed E-state index contributed by atoms with van der Waals surface area (Å²) in [6, 6.07) is 18.6. The van der Waals surface area contributed by atoms with E-state index in [4.69, 9.17) is 21.5 Å². The fourth-order valence-electron chi connectivity index (χ4n) is 5.45. The van der Waals surface area contributed by atoms with Crippen LogP contribution >= 0.6 is 11.6 Å². The number of aryl methyl sites for hydroxylation is 2. The van der Waals surface area contributed by atoms with Gasteiger partial charge in [0.05, 0.1) is 18.7 Å². The molecule has 0 unspecified atom stereocenters. The highest BCUT2D eigenvalue weighted by molar-refractivity contribution is 7.89. The van der Waals surface area contributed by atoms with Crippen LogP contribution in [0, 0.1) is 13.8 Å². The molecule has 1 aromatic heterocycles.